The van der Waals surface area contributed by atoms with Gasteiger partial charge in [-0.1, -0.05) is 0 Å². The summed E-state index contributed by atoms with van der Waals surface area (Å²) in [6, 6.07) is 3.60. The molecule has 1 aliphatic heterocycles. The summed E-state index contributed by atoms with van der Waals surface area (Å²) >= 11 is 1.81. The van der Waals surface area contributed by atoms with Gasteiger partial charge in [0.1, 0.15) is 0 Å². The maximum Gasteiger partial charge on any atom is 0.242 e. The highest BCUT2D eigenvalue weighted by Crippen LogP contribution is 2.11. The fourth-order valence-corrected chi connectivity index (χ4v) is 2.52. The summed E-state index contributed by atoms with van der Waals surface area (Å²) < 4.78 is 0. The van der Waals surface area contributed by atoms with Crippen LogP contribution in [0.5, 0.6) is 0 Å². The second-order valence-electron chi connectivity index (χ2n) is 3.76. The lowest BCUT2D eigenvalue weighted by Crippen LogP contribution is -2.46. The van der Waals surface area contributed by atoms with Gasteiger partial charge in [-0.2, -0.15) is 11.8 Å². The van der Waals surface area contributed by atoms with E-state index in [0.29, 0.717) is 0 Å². The van der Waals surface area contributed by atoms with E-state index in [-0.39, 0.29) is 11.9 Å². The van der Waals surface area contributed by atoms with Gasteiger partial charge in [-0.05, 0) is 19.1 Å². The molecule has 4 nitrogen and oxygen atoms in total. The van der Waals surface area contributed by atoms with Crippen molar-refractivity contribution in [2.75, 3.05) is 23.4 Å². The van der Waals surface area contributed by atoms with Crippen LogP contribution in [-0.4, -0.2) is 35.0 Å². The van der Waals surface area contributed by atoms with Crippen molar-refractivity contribution in [2.45, 2.75) is 13.0 Å². The SMILES string of the molecule is Cc1cc(NC(=O)C2CSCCN2)ccn1. The van der Waals surface area contributed by atoms with Crippen molar-refractivity contribution >= 4 is 23.4 Å². The van der Waals surface area contributed by atoms with Crippen LogP contribution in [0.25, 0.3) is 0 Å². The monoisotopic (exact) mass is 237 g/mol. The highest BCUT2D eigenvalue weighted by molar-refractivity contribution is 7.99. The number of carbonyl (C=O) groups excluding carboxylic acids is 1. The van der Waals surface area contributed by atoms with E-state index < -0.39 is 0 Å². The number of carbonyl (C=O) groups is 1. The Morgan fingerprint density at radius 3 is 3.25 bits per heavy atom. The number of nitrogens with zero attached hydrogens (tertiary/aromatic N) is 1. The third-order valence-corrected chi connectivity index (χ3v) is 3.46. The molecule has 1 amide bonds. The molecule has 1 fully saturated rings. The van der Waals surface area contributed by atoms with E-state index in [0.717, 1.165) is 29.4 Å². The maximum absolute atomic E-state index is 11.9. The second-order valence-corrected chi connectivity index (χ2v) is 4.91. The number of anilines is 1. The zero-order valence-electron chi connectivity index (χ0n) is 9.19. The second kappa shape index (κ2) is 5.32. The molecule has 0 bridgehead atoms. The number of thioether (sulfide) groups is 1. The molecule has 1 unspecified atom stereocenters. The zero-order valence-corrected chi connectivity index (χ0v) is 10.0. The summed E-state index contributed by atoms with van der Waals surface area (Å²) in [4.78, 5) is 16.0. The van der Waals surface area contributed by atoms with Gasteiger partial charge in [0.05, 0.1) is 6.04 Å². The van der Waals surface area contributed by atoms with Gasteiger partial charge < -0.3 is 10.6 Å². The van der Waals surface area contributed by atoms with Crippen molar-refractivity contribution in [3.8, 4) is 0 Å². The molecular formula is C11H15N3OS. The van der Waals surface area contributed by atoms with Crippen molar-refractivity contribution < 1.29 is 4.79 Å². The fourth-order valence-electron chi connectivity index (χ4n) is 1.59. The number of aromatic nitrogens is 1. The number of rotatable bonds is 2. The van der Waals surface area contributed by atoms with Crippen LogP contribution >= 0.6 is 11.8 Å². The summed E-state index contributed by atoms with van der Waals surface area (Å²) in [7, 11) is 0. The van der Waals surface area contributed by atoms with Crippen molar-refractivity contribution in [1.29, 1.82) is 0 Å². The Balaban J connectivity index is 1.96. The van der Waals surface area contributed by atoms with E-state index >= 15 is 0 Å². The standard InChI is InChI=1S/C11H15N3OS/c1-8-6-9(2-3-12-8)14-11(15)10-7-16-5-4-13-10/h2-3,6,10,13H,4-5,7H2,1H3,(H,12,14,15). The molecule has 1 saturated heterocycles. The van der Waals surface area contributed by atoms with Gasteiger partial charge in [-0.15, -0.1) is 0 Å². The summed E-state index contributed by atoms with van der Waals surface area (Å²) in [6.07, 6.45) is 1.70. The van der Waals surface area contributed by atoms with E-state index in [1.54, 1.807) is 12.3 Å². The number of hydrogen-bond acceptors (Lipinski definition) is 4. The van der Waals surface area contributed by atoms with Crippen molar-refractivity contribution in [3.63, 3.8) is 0 Å². The molecule has 5 heteroatoms. The van der Waals surface area contributed by atoms with Crippen LogP contribution in [0, 0.1) is 6.92 Å². The van der Waals surface area contributed by atoms with E-state index in [2.05, 4.69) is 15.6 Å². The molecule has 0 radical (unpaired) electrons. The van der Waals surface area contributed by atoms with Gasteiger partial charge in [0.15, 0.2) is 0 Å². The molecule has 2 N–H and O–H groups in total. The minimum atomic E-state index is -0.0766. The van der Waals surface area contributed by atoms with Gasteiger partial charge in [0, 0.05) is 35.6 Å². The van der Waals surface area contributed by atoms with Gasteiger partial charge in [0.25, 0.3) is 0 Å². The Hall–Kier alpha value is -1.07. The van der Waals surface area contributed by atoms with Crippen LogP contribution in [0.1, 0.15) is 5.69 Å². The summed E-state index contributed by atoms with van der Waals surface area (Å²) in [6.45, 7) is 2.81. The summed E-state index contributed by atoms with van der Waals surface area (Å²) in [5.74, 6) is 1.96. The number of amides is 1. The number of nitrogens with one attached hydrogen (secondary N) is 2. The molecule has 1 atom stereocenters. The average Bonchev–Trinajstić information content (AvgIpc) is 2.30. The lowest BCUT2D eigenvalue weighted by molar-refractivity contribution is -0.117. The molecule has 1 aromatic rings. The first-order valence-electron chi connectivity index (χ1n) is 5.30. The summed E-state index contributed by atoms with van der Waals surface area (Å²) in [5.41, 5.74) is 1.72. The van der Waals surface area contributed by atoms with Crippen LogP contribution in [0.3, 0.4) is 0 Å². The Morgan fingerprint density at radius 1 is 1.69 bits per heavy atom. The van der Waals surface area contributed by atoms with Crippen molar-refractivity contribution in [1.82, 2.24) is 10.3 Å². The van der Waals surface area contributed by atoms with E-state index in [4.69, 9.17) is 0 Å². The molecule has 0 spiro atoms. The van der Waals surface area contributed by atoms with Crippen LogP contribution in [0.2, 0.25) is 0 Å². The van der Waals surface area contributed by atoms with Gasteiger partial charge in [-0.25, -0.2) is 0 Å². The molecule has 16 heavy (non-hydrogen) atoms. The lowest BCUT2D eigenvalue weighted by Gasteiger charge is -2.22. The molecule has 86 valence electrons. The molecule has 0 aromatic carbocycles. The molecule has 2 heterocycles. The molecular weight excluding hydrogens is 222 g/mol. The number of hydrogen-bond donors (Lipinski definition) is 2. The van der Waals surface area contributed by atoms with Crippen LogP contribution < -0.4 is 10.6 Å². The summed E-state index contributed by atoms with van der Waals surface area (Å²) in [5, 5.41) is 6.10. The van der Waals surface area contributed by atoms with E-state index in [1.165, 1.54) is 0 Å². The Morgan fingerprint density at radius 2 is 2.56 bits per heavy atom. The van der Waals surface area contributed by atoms with Crippen LogP contribution in [0.4, 0.5) is 5.69 Å². The van der Waals surface area contributed by atoms with E-state index in [9.17, 15) is 4.79 Å². The maximum atomic E-state index is 11.9. The molecule has 0 aliphatic carbocycles. The van der Waals surface area contributed by atoms with Crippen LogP contribution in [-0.2, 0) is 4.79 Å². The van der Waals surface area contributed by atoms with Gasteiger partial charge in [-0.3, -0.25) is 9.78 Å². The largest absolute Gasteiger partial charge is 0.325 e. The molecule has 0 saturated carbocycles. The minimum absolute atomic E-state index is 0.0396. The third kappa shape index (κ3) is 2.96. The minimum Gasteiger partial charge on any atom is -0.325 e. The predicted molar refractivity (Wildman–Crippen MR) is 66.7 cm³/mol. The highest BCUT2D eigenvalue weighted by Gasteiger charge is 2.20. The highest BCUT2D eigenvalue weighted by atomic mass is 32.2. The predicted octanol–water partition coefficient (Wildman–Crippen LogP) is 1.03. The Labute approximate surface area is 99.2 Å². The van der Waals surface area contributed by atoms with Gasteiger partial charge in [0.2, 0.25) is 5.91 Å². The number of pyridine rings is 1. The van der Waals surface area contributed by atoms with Crippen LogP contribution in [0.15, 0.2) is 18.3 Å². The zero-order chi connectivity index (χ0) is 11.4. The average molecular weight is 237 g/mol. The van der Waals surface area contributed by atoms with E-state index in [1.807, 2.05) is 24.8 Å². The molecule has 1 aliphatic rings. The first-order chi connectivity index (χ1) is 7.75. The smallest absolute Gasteiger partial charge is 0.242 e. The first-order valence-corrected chi connectivity index (χ1v) is 6.46. The van der Waals surface area contributed by atoms with Crippen molar-refractivity contribution in [3.05, 3.63) is 24.0 Å². The normalized spacial score (nSPS) is 20.4. The first kappa shape index (κ1) is 11.4. The molecule has 2 rings (SSSR count). The topological polar surface area (TPSA) is 54.0 Å². The molecule has 1 aromatic heterocycles. The Bertz CT molecular complexity index is 377. The number of aryl methyl sites for hydroxylation is 1. The van der Waals surface area contributed by atoms with Crippen molar-refractivity contribution in [2.24, 2.45) is 0 Å². The third-order valence-electron chi connectivity index (χ3n) is 2.40. The Kier molecular flexibility index (Phi) is 3.79. The lowest BCUT2D eigenvalue weighted by atomic mass is 10.2. The quantitative estimate of drug-likeness (QED) is 0.807. The fraction of sp³-hybridized carbons (Fsp3) is 0.455. The van der Waals surface area contributed by atoms with Gasteiger partial charge >= 0.3 is 0 Å².